The zero-order valence-corrected chi connectivity index (χ0v) is 12.6. The van der Waals surface area contributed by atoms with E-state index in [1.807, 2.05) is 24.3 Å². The van der Waals surface area contributed by atoms with Gasteiger partial charge < -0.3 is 4.74 Å². The molecule has 0 saturated heterocycles. The molecular formula is C17H11BrO3. The smallest absolute Gasteiger partial charge is 0.385 e. The van der Waals surface area contributed by atoms with Gasteiger partial charge in [-0.3, -0.25) is 4.79 Å². The van der Waals surface area contributed by atoms with E-state index in [0.29, 0.717) is 11.1 Å². The van der Waals surface area contributed by atoms with Gasteiger partial charge in [0.2, 0.25) is 0 Å². The summed E-state index contributed by atoms with van der Waals surface area (Å²) < 4.78 is 5.64. The molecule has 21 heavy (non-hydrogen) atoms. The molecule has 0 radical (unpaired) electrons. The van der Waals surface area contributed by atoms with Crippen molar-refractivity contribution in [3.63, 3.8) is 0 Å². The molecule has 2 rings (SSSR count). The number of benzene rings is 2. The van der Waals surface area contributed by atoms with E-state index in [1.54, 1.807) is 30.3 Å². The first-order chi connectivity index (χ1) is 10.1. The van der Waals surface area contributed by atoms with Gasteiger partial charge in [-0.1, -0.05) is 52.2 Å². The average Bonchev–Trinajstić information content (AvgIpc) is 2.51. The Hall–Kier alpha value is -2.38. The lowest BCUT2D eigenvalue weighted by molar-refractivity contribution is -0.135. The van der Waals surface area contributed by atoms with Crippen LogP contribution < -0.4 is 0 Å². The molecule has 104 valence electrons. The summed E-state index contributed by atoms with van der Waals surface area (Å²) in [6.07, 6.45) is 0. The lowest BCUT2D eigenvalue weighted by atomic mass is 10.1. The third-order valence-corrected chi connectivity index (χ3v) is 3.06. The molecule has 0 spiro atoms. The number of carbonyl (C=O) groups is 2. The topological polar surface area (TPSA) is 43.4 Å². The van der Waals surface area contributed by atoms with Gasteiger partial charge in [0.15, 0.2) is 12.4 Å². The van der Waals surface area contributed by atoms with Gasteiger partial charge in [-0.05, 0) is 24.3 Å². The second-order valence-electron chi connectivity index (χ2n) is 4.13. The van der Waals surface area contributed by atoms with Crippen molar-refractivity contribution in [3.8, 4) is 11.8 Å². The molecule has 0 N–H and O–H groups in total. The van der Waals surface area contributed by atoms with Crippen LogP contribution in [0.25, 0.3) is 0 Å². The third-order valence-electron chi connectivity index (χ3n) is 2.56. The minimum absolute atomic E-state index is 0.272. The third kappa shape index (κ3) is 4.90. The van der Waals surface area contributed by atoms with E-state index >= 15 is 0 Å². The number of halogens is 1. The first-order valence-electron chi connectivity index (χ1n) is 6.18. The van der Waals surface area contributed by atoms with Crippen LogP contribution in [0.2, 0.25) is 0 Å². The highest BCUT2D eigenvalue weighted by atomic mass is 79.9. The molecule has 0 heterocycles. The van der Waals surface area contributed by atoms with Gasteiger partial charge in [0.1, 0.15) is 0 Å². The maximum atomic E-state index is 11.8. The Kier molecular flexibility index (Phi) is 5.30. The Morgan fingerprint density at radius 1 is 1.05 bits per heavy atom. The molecule has 0 aromatic heterocycles. The summed E-state index contributed by atoms with van der Waals surface area (Å²) in [6.45, 7) is -0.321. The maximum Gasteiger partial charge on any atom is 0.385 e. The first kappa shape index (κ1) is 15.0. The standard InChI is InChI=1S/C17H11BrO3/c18-15-8-4-7-14(11-15)16(19)12-21-17(20)10-9-13-5-2-1-3-6-13/h1-8,11H,12H2. The van der Waals surface area contributed by atoms with Gasteiger partial charge >= 0.3 is 5.97 Å². The summed E-state index contributed by atoms with van der Waals surface area (Å²) in [5.41, 5.74) is 1.20. The zero-order valence-electron chi connectivity index (χ0n) is 11.0. The Morgan fingerprint density at radius 2 is 1.81 bits per heavy atom. The maximum absolute atomic E-state index is 11.8. The fourth-order valence-electron chi connectivity index (χ4n) is 1.56. The highest BCUT2D eigenvalue weighted by molar-refractivity contribution is 9.10. The molecule has 0 bridgehead atoms. The van der Waals surface area contributed by atoms with Gasteiger partial charge in [-0.15, -0.1) is 0 Å². The Bertz CT molecular complexity index is 712. The van der Waals surface area contributed by atoms with Crippen molar-refractivity contribution in [2.45, 2.75) is 0 Å². The van der Waals surface area contributed by atoms with E-state index in [0.717, 1.165) is 4.47 Å². The van der Waals surface area contributed by atoms with Crippen molar-refractivity contribution in [3.05, 3.63) is 70.2 Å². The highest BCUT2D eigenvalue weighted by Gasteiger charge is 2.08. The van der Waals surface area contributed by atoms with Crippen molar-refractivity contribution < 1.29 is 14.3 Å². The molecule has 0 atom stereocenters. The largest absolute Gasteiger partial charge is 0.448 e. The van der Waals surface area contributed by atoms with E-state index in [9.17, 15) is 9.59 Å². The van der Waals surface area contributed by atoms with E-state index in [-0.39, 0.29) is 12.4 Å². The fraction of sp³-hybridized carbons (Fsp3) is 0.0588. The lowest BCUT2D eigenvalue weighted by Crippen LogP contribution is -2.12. The van der Waals surface area contributed by atoms with E-state index in [4.69, 9.17) is 4.74 Å². The molecule has 0 fully saturated rings. The predicted octanol–water partition coefficient (Wildman–Crippen LogP) is 3.23. The van der Waals surface area contributed by atoms with Crippen molar-refractivity contribution >= 4 is 27.7 Å². The monoisotopic (exact) mass is 342 g/mol. The Balaban J connectivity index is 1.90. The van der Waals surface area contributed by atoms with Crippen molar-refractivity contribution in [1.29, 1.82) is 0 Å². The van der Waals surface area contributed by atoms with Crippen LogP contribution in [0.3, 0.4) is 0 Å². The number of ketones is 1. The van der Waals surface area contributed by atoms with Crippen LogP contribution in [0.15, 0.2) is 59.1 Å². The van der Waals surface area contributed by atoms with E-state index < -0.39 is 5.97 Å². The number of hydrogen-bond acceptors (Lipinski definition) is 3. The number of rotatable bonds is 3. The highest BCUT2D eigenvalue weighted by Crippen LogP contribution is 2.12. The van der Waals surface area contributed by atoms with Crippen LogP contribution in [-0.4, -0.2) is 18.4 Å². The summed E-state index contributed by atoms with van der Waals surface area (Å²) in [7, 11) is 0. The lowest BCUT2D eigenvalue weighted by Gasteiger charge is -2.01. The quantitative estimate of drug-likeness (QED) is 0.488. The second-order valence-corrected chi connectivity index (χ2v) is 5.04. The molecule has 2 aromatic carbocycles. The molecule has 0 amide bonds. The van der Waals surface area contributed by atoms with E-state index in [2.05, 4.69) is 27.8 Å². The van der Waals surface area contributed by atoms with Crippen LogP contribution in [0.1, 0.15) is 15.9 Å². The van der Waals surface area contributed by atoms with Crippen molar-refractivity contribution in [2.24, 2.45) is 0 Å². The minimum atomic E-state index is -0.720. The summed E-state index contributed by atoms with van der Waals surface area (Å²) in [5.74, 6) is 4.03. The summed E-state index contributed by atoms with van der Waals surface area (Å²) in [4.78, 5) is 23.3. The normalized spacial score (nSPS) is 9.38. The summed E-state index contributed by atoms with van der Waals surface area (Å²) >= 11 is 3.28. The molecule has 2 aromatic rings. The second kappa shape index (κ2) is 7.41. The predicted molar refractivity (Wildman–Crippen MR) is 82.8 cm³/mol. The van der Waals surface area contributed by atoms with Gasteiger partial charge in [-0.25, -0.2) is 4.79 Å². The van der Waals surface area contributed by atoms with Crippen molar-refractivity contribution in [1.82, 2.24) is 0 Å². The SMILES string of the molecule is O=C(C#Cc1ccccc1)OCC(=O)c1cccc(Br)c1. The van der Waals surface area contributed by atoms with Gasteiger partial charge in [-0.2, -0.15) is 0 Å². The molecular weight excluding hydrogens is 332 g/mol. The molecule has 0 unspecified atom stereocenters. The van der Waals surface area contributed by atoms with Gasteiger partial charge in [0.25, 0.3) is 0 Å². The van der Waals surface area contributed by atoms with Crippen molar-refractivity contribution in [2.75, 3.05) is 6.61 Å². The molecule has 0 aliphatic heterocycles. The number of esters is 1. The molecule has 0 aliphatic carbocycles. The Morgan fingerprint density at radius 3 is 2.52 bits per heavy atom. The van der Waals surface area contributed by atoms with Crippen LogP contribution >= 0.6 is 15.9 Å². The number of Topliss-reactive ketones (excluding diaryl/α,β-unsaturated/α-hetero) is 1. The molecule has 3 nitrogen and oxygen atoms in total. The number of ether oxygens (including phenoxy) is 1. The average molecular weight is 343 g/mol. The summed E-state index contributed by atoms with van der Waals surface area (Å²) in [5, 5.41) is 0. The van der Waals surface area contributed by atoms with E-state index in [1.165, 1.54) is 0 Å². The number of hydrogen-bond donors (Lipinski definition) is 0. The Labute approximate surface area is 131 Å². The van der Waals surface area contributed by atoms with Crippen LogP contribution in [0.4, 0.5) is 0 Å². The van der Waals surface area contributed by atoms with Crippen LogP contribution in [0.5, 0.6) is 0 Å². The first-order valence-corrected chi connectivity index (χ1v) is 6.97. The van der Waals surface area contributed by atoms with Gasteiger partial charge in [0, 0.05) is 21.5 Å². The fourth-order valence-corrected chi connectivity index (χ4v) is 1.96. The molecule has 0 aliphatic rings. The molecule has 4 heteroatoms. The minimum Gasteiger partial charge on any atom is -0.448 e. The van der Waals surface area contributed by atoms with Crippen LogP contribution in [0, 0.1) is 11.8 Å². The summed E-state index contributed by atoms with van der Waals surface area (Å²) in [6, 6.07) is 16.0. The van der Waals surface area contributed by atoms with Crippen LogP contribution in [-0.2, 0) is 9.53 Å². The number of carbonyl (C=O) groups excluding carboxylic acids is 2. The molecule has 0 saturated carbocycles. The van der Waals surface area contributed by atoms with Gasteiger partial charge in [0.05, 0.1) is 0 Å². The zero-order chi connectivity index (χ0) is 15.1.